The lowest BCUT2D eigenvalue weighted by molar-refractivity contribution is 0.267. The van der Waals surface area contributed by atoms with Crippen LogP contribution in [0.5, 0.6) is 0 Å². The van der Waals surface area contributed by atoms with Gasteiger partial charge in [-0.05, 0) is 30.8 Å². The van der Waals surface area contributed by atoms with E-state index in [9.17, 15) is 4.79 Å². The molecule has 0 bridgehead atoms. The maximum absolute atomic E-state index is 12.6. The van der Waals surface area contributed by atoms with Gasteiger partial charge in [0.2, 0.25) is 0 Å². The molecule has 4 aromatic heterocycles. The molecule has 0 aromatic carbocycles. The average Bonchev–Trinajstić information content (AvgIpc) is 3.34. The van der Waals surface area contributed by atoms with Crippen LogP contribution in [0, 0.1) is 0 Å². The second-order valence-corrected chi connectivity index (χ2v) is 8.49. The zero-order valence-electron chi connectivity index (χ0n) is 14.0. The largest absolute Gasteiger partial charge is 0.464 e. The van der Waals surface area contributed by atoms with Crippen molar-refractivity contribution >= 4 is 44.5 Å². The predicted octanol–water partition coefficient (Wildman–Crippen LogP) is 4.98. The molecule has 8 heteroatoms. The van der Waals surface area contributed by atoms with E-state index in [0.717, 1.165) is 27.8 Å². The van der Waals surface area contributed by atoms with E-state index >= 15 is 0 Å². The van der Waals surface area contributed by atoms with Crippen LogP contribution in [0.15, 0.2) is 45.1 Å². The second-order valence-electron chi connectivity index (χ2n) is 5.83. The molecule has 0 unspecified atom stereocenters. The zero-order chi connectivity index (χ0) is 18.1. The van der Waals surface area contributed by atoms with Gasteiger partial charge >= 0.3 is 0 Å². The third-order valence-electron chi connectivity index (χ3n) is 4.11. The smallest absolute Gasteiger partial charge is 0.260 e. The maximum Gasteiger partial charge on any atom is 0.260 e. The van der Waals surface area contributed by atoms with Gasteiger partial charge in [0.25, 0.3) is 5.56 Å². The Bertz CT molecular complexity index is 1080. The number of furan rings is 1. The number of rotatable bonds is 6. The summed E-state index contributed by atoms with van der Waals surface area (Å²) in [5, 5.41) is 2.50. The molecule has 1 N–H and O–H groups in total. The highest BCUT2D eigenvalue weighted by Gasteiger charge is 2.16. The van der Waals surface area contributed by atoms with Crippen molar-refractivity contribution in [3.63, 3.8) is 0 Å². The molecule has 4 aromatic rings. The number of aromatic amines is 1. The number of aromatic nitrogens is 2. The van der Waals surface area contributed by atoms with Gasteiger partial charge < -0.3 is 9.40 Å². The summed E-state index contributed by atoms with van der Waals surface area (Å²) < 4.78 is 6.22. The summed E-state index contributed by atoms with van der Waals surface area (Å²) in [5.41, 5.74) is 0.656. The lowest BCUT2D eigenvalue weighted by Gasteiger charge is -2.18. The highest BCUT2D eigenvalue weighted by Crippen LogP contribution is 2.31. The first-order valence-corrected chi connectivity index (χ1v) is 10.2. The first kappa shape index (κ1) is 17.5. The molecular formula is C18H16ClN3O2S2. The molecular weight excluding hydrogens is 390 g/mol. The van der Waals surface area contributed by atoms with Crippen LogP contribution >= 0.6 is 34.3 Å². The van der Waals surface area contributed by atoms with E-state index in [2.05, 4.69) is 21.8 Å². The molecule has 0 aliphatic rings. The lowest BCUT2D eigenvalue weighted by Crippen LogP contribution is -2.24. The van der Waals surface area contributed by atoms with E-state index in [4.69, 9.17) is 16.0 Å². The Morgan fingerprint density at radius 2 is 2.19 bits per heavy atom. The Morgan fingerprint density at radius 1 is 1.31 bits per heavy atom. The van der Waals surface area contributed by atoms with Gasteiger partial charge in [0.15, 0.2) is 0 Å². The first-order valence-electron chi connectivity index (χ1n) is 8.15. The Morgan fingerprint density at radius 3 is 2.88 bits per heavy atom. The number of thiophene rings is 2. The van der Waals surface area contributed by atoms with Crippen LogP contribution in [-0.2, 0) is 13.1 Å². The number of fused-ring (bicyclic) bond motifs is 1. The third-order valence-corrected chi connectivity index (χ3v) is 6.20. The van der Waals surface area contributed by atoms with E-state index < -0.39 is 0 Å². The maximum atomic E-state index is 12.6. The summed E-state index contributed by atoms with van der Waals surface area (Å²) in [5.74, 6) is 1.35. The van der Waals surface area contributed by atoms with E-state index in [0.29, 0.717) is 23.5 Å². The van der Waals surface area contributed by atoms with Crippen LogP contribution in [0.4, 0.5) is 0 Å². The molecule has 0 saturated carbocycles. The van der Waals surface area contributed by atoms with Crippen LogP contribution in [0.25, 0.3) is 21.5 Å². The summed E-state index contributed by atoms with van der Waals surface area (Å²) in [4.78, 5) is 24.4. The van der Waals surface area contributed by atoms with Gasteiger partial charge in [-0.3, -0.25) is 9.69 Å². The van der Waals surface area contributed by atoms with E-state index in [1.54, 1.807) is 17.6 Å². The van der Waals surface area contributed by atoms with Crippen LogP contribution in [0.1, 0.15) is 17.6 Å². The second kappa shape index (κ2) is 7.36. The van der Waals surface area contributed by atoms with Gasteiger partial charge in [0.1, 0.15) is 16.4 Å². The van der Waals surface area contributed by atoms with Crippen molar-refractivity contribution in [1.82, 2.24) is 14.9 Å². The quantitative estimate of drug-likeness (QED) is 0.491. The van der Waals surface area contributed by atoms with Gasteiger partial charge in [-0.15, -0.1) is 22.7 Å². The molecule has 0 radical (unpaired) electrons. The molecule has 0 atom stereocenters. The number of H-pyrrole nitrogens is 1. The summed E-state index contributed by atoms with van der Waals surface area (Å²) in [7, 11) is 0. The highest BCUT2D eigenvalue weighted by molar-refractivity contribution is 7.17. The fourth-order valence-electron chi connectivity index (χ4n) is 2.83. The van der Waals surface area contributed by atoms with Gasteiger partial charge in [-0.2, -0.15) is 0 Å². The Balaban J connectivity index is 1.62. The molecule has 0 aliphatic carbocycles. The van der Waals surface area contributed by atoms with Crippen LogP contribution in [-0.4, -0.2) is 21.4 Å². The van der Waals surface area contributed by atoms with Crippen LogP contribution in [0.2, 0.25) is 4.34 Å². The molecule has 4 heterocycles. The van der Waals surface area contributed by atoms with Gasteiger partial charge in [0.05, 0.1) is 22.5 Å². The van der Waals surface area contributed by atoms with Gasteiger partial charge in [-0.25, -0.2) is 4.98 Å². The SMILES string of the molecule is CCN(Cc1nc2scc(-c3ccco3)c2c(=O)[nH]1)Cc1ccc(Cl)s1. The molecule has 5 nitrogen and oxygen atoms in total. The number of hydrogen-bond donors (Lipinski definition) is 1. The first-order chi connectivity index (χ1) is 12.6. The van der Waals surface area contributed by atoms with E-state index in [-0.39, 0.29) is 5.56 Å². The van der Waals surface area contributed by atoms with Crippen LogP contribution < -0.4 is 5.56 Å². The fraction of sp³-hybridized carbons (Fsp3) is 0.222. The summed E-state index contributed by atoms with van der Waals surface area (Å²) >= 11 is 9.04. The van der Waals surface area contributed by atoms with Crippen molar-refractivity contribution in [2.24, 2.45) is 0 Å². The lowest BCUT2D eigenvalue weighted by atomic mass is 10.2. The van der Waals surface area contributed by atoms with Crippen LogP contribution in [0.3, 0.4) is 0 Å². The highest BCUT2D eigenvalue weighted by atomic mass is 35.5. The van der Waals surface area contributed by atoms with E-state index in [1.807, 2.05) is 29.6 Å². The van der Waals surface area contributed by atoms with Crippen molar-refractivity contribution in [3.05, 3.63) is 61.3 Å². The monoisotopic (exact) mass is 405 g/mol. The van der Waals surface area contributed by atoms with Crippen molar-refractivity contribution < 1.29 is 4.42 Å². The number of nitrogens with one attached hydrogen (secondary N) is 1. The van der Waals surface area contributed by atoms with Crippen molar-refractivity contribution in [2.75, 3.05) is 6.54 Å². The number of hydrogen-bond acceptors (Lipinski definition) is 6. The molecule has 26 heavy (non-hydrogen) atoms. The number of halogens is 1. The number of nitrogens with zero attached hydrogens (tertiary/aromatic N) is 2. The minimum absolute atomic E-state index is 0.132. The minimum atomic E-state index is -0.132. The van der Waals surface area contributed by atoms with Gasteiger partial charge in [-0.1, -0.05) is 18.5 Å². The zero-order valence-corrected chi connectivity index (χ0v) is 16.4. The van der Waals surface area contributed by atoms with Crippen molar-refractivity contribution in [3.8, 4) is 11.3 Å². The summed E-state index contributed by atoms with van der Waals surface area (Å²) in [6.07, 6.45) is 1.60. The van der Waals surface area contributed by atoms with Crippen molar-refractivity contribution in [1.29, 1.82) is 0 Å². The normalized spacial score (nSPS) is 11.7. The Kier molecular flexibility index (Phi) is 4.95. The predicted molar refractivity (Wildman–Crippen MR) is 107 cm³/mol. The third kappa shape index (κ3) is 3.48. The molecule has 4 rings (SSSR count). The summed E-state index contributed by atoms with van der Waals surface area (Å²) in [6.45, 7) is 4.29. The van der Waals surface area contributed by atoms with Gasteiger partial charge in [0, 0.05) is 22.4 Å². The standard InChI is InChI=1S/C18H16ClN3O2S2/c1-2-22(8-11-5-6-14(19)26-11)9-15-20-17(23)16-12(10-25-18(16)21-15)13-4-3-7-24-13/h3-7,10H,2,8-9H2,1H3,(H,20,21,23). The Hall–Kier alpha value is -1.93. The summed E-state index contributed by atoms with van der Waals surface area (Å²) in [6, 6.07) is 7.60. The minimum Gasteiger partial charge on any atom is -0.464 e. The molecule has 0 amide bonds. The molecule has 134 valence electrons. The molecule has 0 saturated heterocycles. The molecule has 0 aliphatic heterocycles. The molecule has 0 spiro atoms. The average molecular weight is 406 g/mol. The molecule has 0 fully saturated rings. The topological polar surface area (TPSA) is 62.1 Å². The fourth-order valence-corrected chi connectivity index (χ4v) is 4.91. The van der Waals surface area contributed by atoms with E-state index in [1.165, 1.54) is 16.2 Å². The Labute approximate surface area is 162 Å². The van der Waals surface area contributed by atoms with Crippen molar-refractivity contribution in [2.45, 2.75) is 20.0 Å².